The quantitative estimate of drug-likeness (QED) is 0.781. The lowest BCUT2D eigenvalue weighted by molar-refractivity contribution is 0.287. The van der Waals surface area contributed by atoms with Crippen molar-refractivity contribution in [2.24, 2.45) is 11.7 Å². The standard InChI is InChI=1S/C12H19ClN2O/c1-9(2)4-3-7-16-12-11(13)10(8-14)5-6-15-12/h5-6,9H,3-4,7-8,14H2,1-2H3. The summed E-state index contributed by atoms with van der Waals surface area (Å²) in [5.74, 6) is 1.19. The molecule has 1 heterocycles. The highest BCUT2D eigenvalue weighted by molar-refractivity contribution is 6.32. The maximum Gasteiger partial charge on any atom is 0.232 e. The Labute approximate surface area is 102 Å². The van der Waals surface area contributed by atoms with E-state index in [1.54, 1.807) is 6.20 Å². The number of aromatic nitrogens is 1. The first-order valence-electron chi connectivity index (χ1n) is 5.61. The molecular formula is C12H19ClN2O. The van der Waals surface area contributed by atoms with E-state index in [1.165, 1.54) is 0 Å². The smallest absolute Gasteiger partial charge is 0.232 e. The van der Waals surface area contributed by atoms with Crippen molar-refractivity contribution in [1.82, 2.24) is 4.98 Å². The Hall–Kier alpha value is -0.800. The van der Waals surface area contributed by atoms with Crippen LogP contribution >= 0.6 is 11.6 Å². The molecule has 0 saturated carbocycles. The summed E-state index contributed by atoms with van der Waals surface area (Å²) < 4.78 is 5.53. The van der Waals surface area contributed by atoms with Gasteiger partial charge in [0.2, 0.25) is 5.88 Å². The molecule has 0 aliphatic heterocycles. The third kappa shape index (κ3) is 3.99. The summed E-state index contributed by atoms with van der Waals surface area (Å²) >= 11 is 6.08. The van der Waals surface area contributed by atoms with Crippen LogP contribution in [0.3, 0.4) is 0 Å². The largest absolute Gasteiger partial charge is 0.477 e. The molecule has 0 atom stereocenters. The molecule has 0 amide bonds. The van der Waals surface area contributed by atoms with Crippen LogP contribution in [0, 0.1) is 5.92 Å². The van der Waals surface area contributed by atoms with E-state index in [9.17, 15) is 0 Å². The molecule has 0 bridgehead atoms. The number of nitrogens with zero attached hydrogens (tertiary/aromatic N) is 1. The molecule has 0 spiro atoms. The summed E-state index contributed by atoms with van der Waals surface area (Å²) in [5, 5.41) is 0.537. The average molecular weight is 243 g/mol. The SMILES string of the molecule is CC(C)CCCOc1nccc(CN)c1Cl. The fourth-order valence-electron chi connectivity index (χ4n) is 1.38. The van der Waals surface area contributed by atoms with Crippen molar-refractivity contribution in [2.45, 2.75) is 33.2 Å². The highest BCUT2D eigenvalue weighted by Crippen LogP contribution is 2.25. The Balaban J connectivity index is 2.47. The zero-order chi connectivity index (χ0) is 12.0. The van der Waals surface area contributed by atoms with Gasteiger partial charge in [-0.3, -0.25) is 0 Å². The van der Waals surface area contributed by atoms with Crippen LogP contribution in [0.25, 0.3) is 0 Å². The van der Waals surface area contributed by atoms with Gasteiger partial charge in [0.1, 0.15) is 5.02 Å². The van der Waals surface area contributed by atoms with Crippen molar-refractivity contribution >= 4 is 11.6 Å². The average Bonchev–Trinajstić information content (AvgIpc) is 2.26. The summed E-state index contributed by atoms with van der Waals surface area (Å²) in [7, 11) is 0. The van der Waals surface area contributed by atoms with Crippen LogP contribution in [0.15, 0.2) is 12.3 Å². The van der Waals surface area contributed by atoms with E-state index in [1.807, 2.05) is 6.07 Å². The molecule has 0 aromatic carbocycles. The zero-order valence-corrected chi connectivity index (χ0v) is 10.6. The fraction of sp³-hybridized carbons (Fsp3) is 0.583. The maximum atomic E-state index is 6.08. The molecule has 0 unspecified atom stereocenters. The highest BCUT2D eigenvalue weighted by atomic mass is 35.5. The second kappa shape index (κ2) is 6.71. The second-order valence-corrected chi connectivity index (χ2v) is 4.56. The highest BCUT2D eigenvalue weighted by Gasteiger charge is 2.07. The van der Waals surface area contributed by atoms with Gasteiger partial charge in [0, 0.05) is 12.7 Å². The van der Waals surface area contributed by atoms with Crippen LogP contribution in [0.2, 0.25) is 5.02 Å². The van der Waals surface area contributed by atoms with Crippen LogP contribution in [0.1, 0.15) is 32.3 Å². The Morgan fingerprint density at radius 2 is 2.25 bits per heavy atom. The minimum absolute atomic E-state index is 0.406. The van der Waals surface area contributed by atoms with E-state index in [-0.39, 0.29) is 0 Å². The third-order valence-electron chi connectivity index (χ3n) is 2.32. The predicted molar refractivity (Wildman–Crippen MR) is 66.7 cm³/mol. The molecule has 0 fully saturated rings. The normalized spacial score (nSPS) is 10.8. The second-order valence-electron chi connectivity index (χ2n) is 4.18. The number of pyridine rings is 1. The van der Waals surface area contributed by atoms with E-state index < -0.39 is 0 Å². The molecule has 4 heteroatoms. The van der Waals surface area contributed by atoms with Crippen molar-refractivity contribution in [3.63, 3.8) is 0 Å². The number of halogens is 1. The number of nitrogens with two attached hydrogens (primary N) is 1. The van der Waals surface area contributed by atoms with E-state index in [4.69, 9.17) is 22.1 Å². The minimum atomic E-state index is 0.406. The Kier molecular flexibility index (Phi) is 5.56. The van der Waals surface area contributed by atoms with Crippen molar-refractivity contribution < 1.29 is 4.74 Å². The lowest BCUT2D eigenvalue weighted by Crippen LogP contribution is -2.04. The molecule has 2 N–H and O–H groups in total. The number of hydrogen-bond donors (Lipinski definition) is 1. The van der Waals surface area contributed by atoms with Gasteiger partial charge in [-0.25, -0.2) is 4.98 Å². The molecule has 3 nitrogen and oxygen atoms in total. The van der Waals surface area contributed by atoms with Crippen LogP contribution < -0.4 is 10.5 Å². The molecule has 16 heavy (non-hydrogen) atoms. The van der Waals surface area contributed by atoms with Gasteiger partial charge >= 0.3 is 0 Å². The molecule has 0 radical (unpaired) electrons. The Morgan fingerprint density at radius 1 is 1.50 bits per heavy atom. The van der Waals surface area contributed by atoms with Crippen LogP contribution in [0.4, 0.5) is 0 Å². The summed E-state index contributed by atoms with van der Waals surface area (Å²) in [5.41, 5.74) is 6.42. The Morgan fingerprint density at radius 3 is 2.88 bits per heavy atom. The van der Waals surface area contributed by atoms with E-state index >= 15 is 0 Å². The predicted octanol–water partition coefficient (Wildman–Crippen LogP) is 3.01. The van der Waals surface area contributed by atoms with Gasteiger partial charge in [-0.1, -0.05) is 25.4 Å². The fourth-order valence-corrected chi connectivity index (χ4v) is 1.62. The molecule has 90 valence electrons. The van der Waals surface area contributed by atoms with Gasteiger partial charge < -0.3 is 10.5 Å². The van der Waals surface area contributed by atoms with Crippen molar-refractivity contribution in [3.05, 3.63) is 22.8 Å². The van der Waals surface area contributed by atoms with Gasteiger partial charge in [-0.2, -0.15) is 0 Å². The monoisotopic (exact) mass is 242 g/mol. The summed E-state index contributed by atoms with van der Waals surface area (Å²) in [6.45, 7) is 5.45. The zero-order valence-electron chi connectivity index (χ0n) is 9.87. The molecule has 1 rings (SSSR count). The first kappa shape index (κ1) is 13.3. The maximum absolute atomic E-state index is 6.08. The summed E-state index contributed by atoms with van der Waals surface area (Å²) in [6.07, 6.45) is 3.84. The topological polar surface area (TPSA) is 48.1 Å². The summed E-state index contributed by atoms with van der Waals surface area (Å²) in [6, 6.07) is 1.81. The number of ether oxygens (including phenoxy) is 1. The van der Waals surface area contributed by atoms with Crippen molar-refractivity contribution in [1.29, 1.82) is 0 Å². The third-order valence-corrected chi connectivity index (χ3v) is 2.73. The van der Waals surface area contributed by atoms with Crippen molar-refractivity contribution in [3.8, 4) is 5.88 Å². The van der Waals surface area contributed by atoms with Crippen LogP contribution in [-0.4, -0.2) is 11.6 Å². The van der Waals surface area contributed by atoms with Gasteiger partial charge in [-0.05, 0) is 30.4 Å². The number of hydrogen-bond acceptors (Lipinski definition) is 3. The van der Waals surface area contributed by atoms with E-state index in [0.29, 0.717) is 30.0 Å². The molecule has 0 aliphatic rings. The van der Waals surface area contributed by atoms with Gasteiger partial charge in [-0.15, -0.1) is 0 Å². The van der Waals surface area contributed by atoms with Crippen LogP contribution in [0.5, 0.6) is 5.88 Å². The first-order valence-corrected chi connectivity index (χ1v) is 5.99. The molecule has 1 aromatic heterocycles. The van der Waals surface area contributed by atoms with E-state index in [0.717, 1.165) is 18.4 Å². The van der Waals surface area contributed by atoms with Crippen LogP contribution in [-0.2, 0) is 6.54 Å². The molecule has 0 aliphatic carbocycles. The molecular weight excluding hydrogens is 224 g/mol. The minimum Gasteiger partial charge on any atom is -0.477 e. The summed E-state index contributed by atoms with van der Waals surface area (Å²) in [4.78, 5) is 4.09. The molecule has 0 saturated heterocycles. The van der Waals surface area contributed by atoms with Gasteiger partial charge in [0.15, 0.2) is 0 Å². The van der Waals surface area contributed by atoms with Gasteiger partial charge in [0.05, 0.1) is 6.61 Å². The lowest BCUT2D eigenvalue weighted by atomic mass is 10.1. The Bertz CT molecular complexity index is 329. The van der Waals surface area contributed by atoms with Crippen molar-refractivity contribution in [2.75, 3.05) is 6.61 Å². The number of rotatable bonds is 6. The van der Waals surface area contributed by atoms with Gasteiger partial charge in [0.25, 0.3) is 0 Å². The molecule has 1 aromatic rings. The van der Waals surface area contributed by atoms with E-state index in [2.05, 4.69) is 18.8 Å². The lowest BCUT2D eigenvalue weighted by Gasteiger charge is -2.09. The first-order chi connectivity index (χ1) is 7.65.